The molecule has 0 unspecified atom stereocenters. The number of oxazole rings is 1. The highest BCUT2D eigenvalue weighted by atomic mass is 19.1. The third kappa shape index (κ3) is 4.91. The fourth-order valence-electron chi connectivity index (χ4n) is 3.56. The summed E-state index contributed by atoms with van der Waals surface area (Å²) in [5, 5.41) is 2.85. The first-order valence-electron chi connectivity index (χ1n) is 9.34. The Morgan fingerprint density at radius 1 is 1.37 bits per heavy atom. The Morgan fingerprint density at radius 2 is 2.19 bits per heavy atom. The van der Waals surface area contributed by atoms with Gasteiger partial charge in [0.05, 0.1) is 11.3 Å². The van der Waals surface area contributed by atoms with E-state index in [1.807, 2.05) is 6.92 Å². The Labute approximate surface area is 157 Å². The van der Waals surface area contributed by atoms with Crippen LogP contribution >= 0.6 is 0 Å². The van der Waals surface area contributed by atoms with E-state index in [1.54, 1.807) is 0 Å². The number of carbonyl (C=O) groups excluding carboxylic acids is 1. The van der Waals surface area contributed by atoms with Crippen LogP contribution in [-0.2, 0) is 11.3 Å². The molecule has 1 fully saturated rings. The SMILES string of the molecule is CC(=O)NCC[C@H]1CCCCN1Cc1nc(-c2ccc(F)cc2F)oc1C. The van der Waals surface area contributed by atoms with Gasteiger partial charge in [-0.05, 0) is 44.9 Å². The van der Waals surface area contributed by atoms with Gasteiger partial charge >= 0.3 is 0 Å². The number of amides is 1. The normalized spacial score (nSPS) is 17.9. The van der Waals surface area contributed by atoms with Crippen molar-refractivity contribution < 1.29 is 18.0 Å². The number of halogens is 2. The molecule has 0 radical (unpaired) electrons. The molecule has 2 heterocycles. The van der Waals surface area contributed by atoms with E-state index in [-0.39, 0.29) is 17.4 Å². The quantitative estimate of drug-likeness (QED) is 0.832. The molecular formula is C20H25F2N3O2. The van der Waals surface area contributed by atoms with E-state index < -0.39 is 11.6 Å². The van der Waals surface area contributed by atoms with Crippen LogP contribution in [0.5, 0.6) is 0 Å². The van der Waals surface area contributed by atoms with Gasteiger partial charge in [-0.25, -0.2) is 13.8 Å². The van der Waals surface area contributed by atoms with Crippen molar-refractivity contribution in [3.05, 3.63) is 41.3 Å². The molecule has 1 amide bonds. The topological polar surface area (TPSA) is 58.4 Å². The summed E-state index contributed by atoms with van der Waals surface area (Å²) in [5.74, 6) is -0.522. The number of benzene rings is 1. The molecule has 0 bridgehead atoms. The molecule has 5 nitrogen and oxygen atoms in total. The van der Waals surface area contributed by atoms with E-state index in [0.29, 0.717) is 24.9 Å². The summed E-state index contributed by atoms with van der Waals surface area (Å²) in [4.78, 5) is 17.9. The van der Waals surface area contributed by atoms with Crippen LogP contribution in [-0.4, -0.2) is 34.9 Å². The van der Waals surface area contributed by atoms with E-state index in [0.717, 1.165) is 37.6 Å². The summed E-state index contributed by atoms with van der Waals surface area (Å²) < 4.78 is 32.8. The molecule has 3 rings (SSSR count). The highest BCUT2D eigenvalue weighted by molar-refractivity contribution is 5.72. The number of nitrogens with one attached hydrogen (secondary N) is 1. The van der Waals surface area contributed by atoms with Gasteiger partial charge in [0.2, 0.25) is 11.8 Å². The monoisotopic (exact) mass is 377 g/mol. The van der Waals surface area contributed by atoms with Gasteiger partial charge in [-0.15, -0.1) is 0 Å². The highest BCUT2D eigenvalue weighted by Crippen LogP contribution is 2.27. The van der Waals surface area contributed by atoms with Gasteiger partial charge < -0.3 is 9.73 Å². The van der Waals surface area contributed by atoms with Crippen LogP contribution in [0.4, 0.5) is 8.78 Å². The molecule has 0 saturated carbocycles. The van der Waals surface area contributed by atoms with Crippen LogP contribution in [0.2, 0.25) is 0 Å². The lowest BCUT2D eigenvalue weighted by molar-refractivity contribution is -0.119. The Balaban J connectivity index is 1.72. The van der Waals surface area contributed by atoms with E-state index in [2.05, 4.69) is 15.2 Å². The van der Waals surface area contributed by atoms with Gasteiger partial charge in [0, 0.05) is 32.1 Å². The van der Waals surface area contributed by atoms with E-state index >= 15 is 0 Å². The van der Waals surface area contributed by atoms with Crippen LogP contribution < -0.4 is 5.32 Å². The van der Waals surface area contributed by atoms with Crippen LogP contribution in [0.3, 0.4) is 0 Å². The zero-order chi connectivity index (χ0) is 19.4. The second-order valence-electron chi connectivity index (χ2n) is 7.04. The lowest BCUT2D eigenvalue weighted by Gasteiger charge is -2.35. The summed E-state index contributed by atoms with van der Waals surface area (Å²) in [7, 11) is 0. The van der Waals surface area contributed by atoms with Crippen LogP contribution in [0.25, 0.3) is 11.5 Å². The van der Waals surface area contributed by atoms with Crippen molar-refractivity contribution in [1.29, 1.82) is 0 Å². The number of piperidine rings is 1. The van der Waals surface area contributed by atoms with Crippen molar-refractivity contribution in [3.63, 3.8) is 0 Å². The Morgan fingerprint density at radius 3 is 2.93 bits per heavy atom. The van der Waals surface area contributed by atoms with Crippen molar-refractivity contribution in [2.45, 2.75) is 52.1 Å². The summed E-state index contributed by atoms with van der Waals surface area (Å²) in [6.07, 6.45) is 4.25. The molecule has 1 aliphatic rings. The second kappa shape index (κ2) is 8.61. The number of hydrogen-bond donors (Lipinski definition) is 1. The second-order valence-corrected chi connectivity index (χ2v) is 7.04. The number of nitrogens with zero attached hydrogens (tertiary/aromatic N) is 2. The Bertz CT molecular complexity index is 807. The average molecular weight is 377 g/mol. The molecular weight excluding hydrogens is 352 g/mol. The molecule has 2 aromatic rings. The molecule has 0 aliphatic carbocycles. The third-order valence-electron chi connectivity index (χ3n) is 5.01. The molecule has 1 aliphatic heterocycles. The lowest BCUT2D eigenvalue weighted by Crippen LogP contribution is -2.41. The fraction of sp³-hybridized carbons (Fsp3) is 0.500. The minimum absolute atomic E-state index is 0.0179. The van der Waals surface area contributed by atoms with Crippen molar-refractivity contribution in [2.24, 2.45) is 0 Å². The first kappa shape index (κ1) is 19.5. The van der Waals surface area contributed by atoms with Crippen LogP contribution in [0.1, 0.15) is 44.1 Å². The Hall–Kier alpha value is -2.28. The molecule has 146 valence electrons. The van der Waals surface area contributed by atoms with Gasteiger partial charge in [-0.3, -0.25) is 9.69 Å². The molecule has 1 saturated heterocycles. The van der Waals surface area contributed by atoms with Crippen molar-refractivity contribution in [1.82, 2.24) is 15.2 Å². The van der Waals surface area contributed by atoms with Gasteiger partial charge in [-0.1, -0.05) is 6.42 Å². The fourth-order valence-corrected chi connectivity index (χ4v) is 3.56. The van der Waals surface area contributed by atoms with Crippen molar-refractivity contribution in [2.75, 3.05) is 13.1 Å². The predicted octanol–water partition coefficient (Wildman–Crippen LogP) is 3.81. The number of hydrogen-bond acceptors (Lipinski definition) is 4. The largest absolute Gasteiger partial charge is 0.441 e. The van der Waals surface area contributed by atoms with E-state index in [1.165, 1.54) is 25.5 Å². The number of aromatic nitrogens is 1. The molecule has 1 N–H and O–H groups in total. The smallest absolute Gasteiger partial charge is 0.229 e. The first-order valence-corrected chi connectivity index (χ1v) is 9.34. The summed E-state index contributed by atoms with van der Waals surface area (Å²) in [5.41, 5.74) is 0.923. The molecule has 1 aromatic carbocycles. The zero-order valence-corrected chi connectivity index (χ0v) is 15.7. The van der Waals surface area contributed by atoms with Gasteiger partial charge in [0.25, 0.3) is 0 Å². The summed E-state index contributed by atoms with van der Waals surface area (Å²) >= 11 is 0. The minimum atomic E-state index is -0.686. The first-order chi connectivity index (χ1) is 12.9. The standard InChI is InChI=1S/C20H25F2N3O2/c1-13-19(24-20(27-13)17-7-6-15(21)11-18(17)22)12-25-10-4-3-5-16(25)8-9-23-14(2)26/h6-7,11,16H,3-5,8-10,12H2,1-2H3,(H,23,26)/t16-/m1/s1. The summed E-state index contributed by atoms with van der Waals surface area (Å²) in [6, 6.07) is 3.74. The molecule has 7 heteroatoms. The van der Waals surface area contributed by atoms with E-state index in [4.69, 9.17) is 4.42 Å². The van der Waals surface area contributed by atoms with Crippen LogP contribution in [0.15, 0.2) is 22.6 Å². The average Bonchev–Trinajstić information content (AvgIpc) is 2.96. The maximum atomic E-state index is 14.0. The number of likely N-dealkylation sites (tertiary alicyclic amines) is 1. The maximum absolute atomic E-state index is 14.0. The van der Waals surface area contributed by atoms with Gasteiger partial charge in [-0.2, -0.15) is 0 Å². The van der Waals surface area contributed by atoms with Crippen molar-refractivity contribution in [3.8, 4) is 11.5 Å². The number of rotatable bonds is 6. The lowest BCUT2D eigenvalue weighted by atomic mass is 9.99. The minimum Gasteiger partial charge on any atom is -0.441 e. The molecule has 1 atom stereocenters. The van der Waals surface area contributed by atoms with Gasteiger partial charge in [0.15, 0.2) is 0 Å². The molecule has 0 spiro atoms. The van der Waals surface area contributed by atoms with Gasteiger partial charge in [0.1, 0.15) is 17.4 Å². The molecule has 1 aromatic heterocycles. The molecule has 27 heavy (non-hydrogen) atoms. The number of carbonyl (C=O) groups is 1. The van der Waals surface area contributed by atoms with Crippen LogP contribution in [0, 0.1) is 18.6 Å². The Kier molecular flexibility index (Phi) is 6.21. The summed E-state index contributed by atoms with van der Waals surface area (Å²) in [6.45, 7) is 5.55. The maximum Gasteiger partial charge on any atom is 0.229 e. The zero-order valence-electron chi connectivity index (χ0n) is 15.7. The van der Waals surface area contributed by atoms with E-state index in [9.17, 15) is 13.6 Å². The predicted molar refractivity (Wildman–Crippen MR) is 97.9 cm³/mol. The number of aryl methyl sites for hydroxylation is 1. The van der Waals surface area contributed by atoms with Crippen molar-refractivity contribution >= 4 is 5.91 Å². The third-order valence-corrected chi connectivity index (χ3v) is 5.01. The highest BCUT2D eigenvalue weighted by Gasteiger charge is 2.25.